The van der Waals surface area contributed by atoms with Crippen molar-refractivity contribution < 1.29 is 4.79 Å². The first kappa shape index (κ1) is 12.8. The number of nitrogen functional groups attached to an aromatic ring is 1. The van der Waals surface area contributed by atoms with Crippen LogP contribution in [0.15, 0.2) is 24.3 Å². The van der Waals surface area contributed by atoms with E-state index in [9.17, 15) is 4.79 Å². The molecule has 0 aliphatic rings. The highest BCUT2D eigenvalue weighted by Crippen LogP contribution is 2.02. The fourth-order valence-electron chi connectivity index (χ4n) is 1.23. The molecule has 1 amide bonds. The molecule has 1 aromatic carbocycles. The molecule has 4 heteroatoms. The maximum Gasteiger partial charge on any atom is 0.216 e. The van der Waals surface area contributed by atoms with Crippen LogP contribution in [0.5, 0.6) is 0 Å². The van der Waals surface area contributed by atoms with E-state index in [4.69, 9.17) is 11.1 Å². The Morgan fingerprint density at radius 3 is 2.94 bits per heavy atom. The number of benzene rings is 1. The average molecular weight is 229 g/mol. The number of carbonyl (C=O) groups is 1. The van der Waals surface area contributed by atoms with Crippen LogP contribution in [0.3, 0.4) is 0 Å². The van der Waals surface area contributed by atoms with Crippen molar-refractivity contribution in [1.82, 2.24) is 5.32 Å². The van der Waals surface area contributed by atoms with Gasteiger partial charge >= 0.3 is 0 Å². The SMILES string of the molecule is CC(=O)NCCC#Cc1cccc(C(=N)N)c1. The lowest BCUT2D eigenvalue weighted by Gasteiger charge is -1.98. The van der Waals surface area contributed by atoms with Gasteiger partial charge in [-0.05, 0) is 12.1 Å². The number of nitrogens with one attached hydrogen (secondary N) is 2. The van der Waals surface area contributed by atoms with Gasteiger partial charge in [0.1, 0.15) is 5.84 Å². The molecular weight excluding hydrogens is 214 g/mol. The van der Waals surface area contributed by atoms with Crippen molar-refractivity contribution in [3.8, 4) is 11.8 Å². The minimum Gasteiger partial charge on any atom is -0.384 e. The first-order valence-corrected chi connectivity index (χ1v) is 5.27. The summed E-state index contributed by atoms with van der Waals surface area (Å²) in [5, 5.41) is 9.97. The van der Waals surface area contributed by atoms with Gasteiger partial charge in [-0.15, -0.1) is 0 Å². The molecule has 0 heterocycles. The van der Waals surface area contributed by atoms with Gasteiger partial charge in [-0.3, -0.25) is 10.2 Å². The molecule has 4 nitrogen and oxygen atoms in total. The van der Waals surface area contributed by atoms with E-state index in [1.165, 1.54) is 6.92 Å². The molecule has 0 unspecified atom stereocenters. The number of rotatable bonds is 3. The second-order valence-corrected chi connectivity index (χ2v) is 3.53. The third kappa shape index (κ3) is 4.85. The lowest BCUT2D eigenvalue weighted by atomic mass is 10.1. The predicted molar refractivity (Wildman–Crippen MR) is 67.6 cm³/mol. The number of amidine groups is 1. The Balaban J connectivity index is 2.56. The zero-order valence-electron chi connectivity index (χ0n) is 9.71. The first-order valence-electron chi connectivity index (χ1n) is 5.27. The van der Waals surface area contributed by atoms with Crippen molar-refractivity contribution in [3.63, 3.8) is 0 Å². The highest BCUT2D eigenvalue weighted by molar-refractivity contribution is 5.95. The van der Waals surface area contributed by atoms with Gasteiger partial charge in [0, 0.05) is 31.0 Å². The molecule has 0 aliphatic heterocycles. The molecule has 1 aromatic rings. The fraction of sp³-hybridized carbons (Fsp3) is 0.231. The molecular formula is C13H15N3O. The van der Waals surface area contributed by atoms with Crippen LogP contribution in [0.25, 0.3) is 0 Å². The van der Waals surface area contributed by atoms with Crippen molar-refractivity contribution in [2.24, 2.45) is 5.73 Å². The van der Waals surface area contributed by atoms with E-state index in [-0.39, 0.29) is 11.7 Å². The monoisotopic (exact) mass is 229 g/mol. The van der Waals surface area contributed by atoms with E-state index in [1.54, 1.807) is 12.1 Å². The number of amides is 1. The fourth-order valence-corrected chi connectivity index (χ4v) is 1.23. The molecule has 88 valence electrons. The summed E-state index contributed by atoms with van der Waals surface area (Å²) in [6.45, 7) is 2.03. The summed E-state index contributed by atoms with van der Waals surface area (Å²) in [5.74, 6) is 5.89. The summed E-state index contributed by atoms with van der Waals surface area (Å²) in [6, 6.07) is 7.21. The molecule has 17 heavy (non-hydrogen) atoms. The standard InChI is InChI=1S/C13H15N3O/c1-10(17)16-8-3-2-5-11-6-4-7-12(9-11)13(14)15/h4,6-7,9H,3,8H2,1H3,(H3,14,15)(H,16,17). The van der Waals surface area contributed by atoms with Gasteiger partial charge < -0.3 is 11.1 Å². The van der Waals surface area contributed by atoms with E-state index in [0.717, 1.165) is 5.56 Å². The smallest absolute Gasteiger partial charge is 0.216 e. The molecule has 0 radical (unpaired) electrons. The lowest BCUT2D eigenvalue weighted by molar-refractivity contribution is -0.118. The summed E-state index contributed by atoms with van der Waals surface area (Å²) in [5.41, 5.74) is 6.87. The lowest BCUT2D eigenvalue weighted by Crippen LogP contribution is -2.20. The van der Waals surface area contributed by atoms with E-state index < -0.39 is 0 Å². The maximum absolute atomic E-state index is 10.6. The molecule has 0 fully saturated rings. The van der Waals surface area contributed by atoms with E-state index >= 15 is 0 Å². The van der Waals surface area contributed by atoms with Crippen molar-refractivity contribution in [3.05, 3.63) is 35.4 Å². The van der Waals surface area contributed by atoms with Crippen molar-refractivity contribution in [1.29, 1.82) is 5.41 Å². The average Bonchev–Trinajstić information content (AvgIpc) is 2.28. The van der Waals surface area contributed by atoms with Crippen LogP contribution in [0.1, 0.15) is 24.5 Å². The van der Waals surface area contributed by atoms with Gasteiger partial charge in [-0.25, -0.2) is 0 Å². The van der Waals surface area contributed by atoms with Crippen LogP contribution >= 0.6 is 0 Å². The molecule has 0 saturated carbocycles. The van der Waals surface area contributed by atoms with Crippen molar-refractivity contribution >= 4 is 11.7 Å². The third-order valence-corrected chi connectivity index (χ3v) is 2.03. The topological polar surface area (TPSA) is 79.0 Å². The number of hydrogen-bond acceptors (Lipinski definition) is 2. The molecule has 4 N–H and O–H groups in total. The quantitative estimate of drug-likeness (QED) is 0.311. The van der Waals surface area contributed by atoms with Gasteiger partial charge in [0.05, 0.1) is 0 Å². The summed E-state index contributed by atoms with van der Waals surface area (Å²) < 4.78 is 0. The minimum absolute atomic E-state index is 0.0342. The Bertz CT molecular complexity index is 483. The van der Waals surface area contributed by atoms with Crippen LogP contribution in [0, 0.1) is 17.3 Å². The molecule has 0 spiro atoms. The van der Waals surface area contributed by atoms with Crippen LogP contribution in [-0.2, 0) is 4.79 Å². The zero-order chi connectivity index (χ0) is 12.7. The largest absolute Gasteiger partial charge is 0.384 e. The summed E-state index contributed by atoms with van der Waals surface area (Å²) in [4.78, 5) is 10.6. The van der Waals surface area contributed by atoms with Gasteiger partial charge in [-0.2, -0.15) is 0 Å². The van der Waals surface area contributed by atoms with Gasteiger partial charge in [0.2, 0.25) is 5.91 Å². The number of hydrogen-bond donors (Lipinski definition) is 3. The number of carbonyl (C=O) groups excluding carboxylic acids is 1. The van der Waals surface area contributed by atoms with Gasteiger partial charge in [0.25, 0.3) is 0 Å². The van der Waals surface area contributed by atoms with Gasteiger partial charge in [-0.1, -0.05) is 24.0 Å². The summed E-state index contributed by atoms with van der Waals surface area (Å²) in [7, 11) is 0. The van der Waals surface area contributed by atoms with Crippen molar-refractivity contribution in [2.75, 3.05) is 6.54 Å². The highest BCUT2D eigenvalue weighted by atomic mass is 16.1. The van der Waals surface area contributed by atoms with Crippen LogP contribution in [0.2, 0.25) is 0 Å². The summed E-state index contributed by atoms with van der Waals surface area (Å²) >= 11 is 0. The normalized spacial score (nSPS) is 9.00. The van der Waals surface area contributed by atoms with Crippen LogP contribution < -0.4 is 11.1 Å². The highest BCUT2D eigenvalue weighted by Gasteiger charge is 1.95. The molecule has 0 atom stereocenters. The molecule has 0 bridgehead atoms. The number of nitrogens with two attached hydrogens (primary N) is 1. The second-order valence-electron chi connectivity index (χ2n) is 3.53. The maximum atomic E-state index is 10.6. The minimum atomic E-state index is -0.0506. The Morgan fingerprint density at radius 1 is 1.53 bits per heavy atom. The molecule has 0 aromatic heterocycles. The van der Waals surface area contributed by atoms with Crippen LogP contribution in [-0.4, -0.2) is 18.3 Å². The Morgan fingerprint density at radius 2 is 2.29 bits per heavy atom. The Hall–Kier alpha value is -2.28. The first-order chi connectivity index (χ1) is 8.09. The third-order valence-electron chi connectivity index (χ3n) is 2.03. The van der Waals surface area contributed by atoms with Crippen LogP contribution in [0.4, 0.5) is 0 Å². The van der Waals surface area contributed by atoms with E-state index in [1.807, 2.05) is 12.1 Å². The van der Waals surface area contributed by atoms with E-state index in [0.29, 0.717) is 18.5 Å². The summed E-state index contributed by atoms with van der Waals surface area (Å²) in [6.07, 6.45) is 0.601. The second kappa shape index (κ2) is 6.33. The Labute approximate surface area is 101 Å². The Kier molecular flexibility index (Phi) is 4.77. The van der Waals surface area contributed by atoms with Crippen molar-refractivity contribution in [2.45, 2.75) is 13.3 Å². The molecule has 0 aliphatic carbocycles. The molecule has 0 saturated heterocycles. The predicted octanol–water partition coefficient (Wildman–Crippen LogP) is 0.848. The van der Waals surface area contributed by atoms with Gasteiger partial charge in [0.15, 0.2) is 0 Å². The molecule has 1 rings (SSSR count). The van der Waals surface area contributed by atoms with E-state index in [2.05, 4.69) is 17.2 Å². The zero-order valence-corrected chi connectivity index (χ0v) is 9.71.